The Kier molecular flexibility index (Phi) is 8.22. The number of hydrogen-bond acceptors (Lipinski definition) is 4. The first-order chi connectivity index (χ1) is 10.1. The molecule has 1 heterocycles. The summed E-state index contributed by atoms with van der Waals surface area (Å²) < 4.78 is 5.71. The van der Waals surface area contributed by atoms with Crippen LogP contribution in [-0.4, -0.2) is 60.4 Å². The van der Waals surface area contributed by atoms with E-state index in [4.69, 9.17) is 4.74 Å². The van der Waals surface area contributed by atoms with Crippen molar-refractivity contribution in [2.45, 2.75) is 64.5 Å². The third kappa shape index (κ3) is 5.57. The van der Waals surface area contributed by atoms with Gasteiger partial charge in [0.25, 0.3) is 0 Å². The van der Waals surface area contributed by atoms with Gasteiger partial charge in [0.05, 0.1) is 6.10 Å². The lowest BCUT2D eigenvalue weighted by Gasteiger charge is -2.34. The van der Waals surface area contributed by atoms with Crippen molar-refractivity contribution in [3.8, 4) is 0 Å². The molecule has 0 radical (unpaired) electrons. The molecule has 0 saturated carbocycles. The predicted molar refractivity (Wildman–Crippen MR) is 84.7 cm³/mol. The molecule has 0 aromatic heterocycles. The average Bonchev–Trinajstić information content (AvgIpc) is 2.47. The lowest BCUT2D eigenvalue weighted by atomic mass is 9.90. The topological polar surface area (TPSA) is 61.8 Å². The van der Waals surface area contributed by atoms with Crippen LogP contribution in [0.15, 0.2) is 0 Å². The molecule has 0 aromatic rings. The van der Waals surface area contributed by atoms with E-state index in [0.29, 0.717) is 25.5 Å². The van der Waals surface area contributed by atoms with Gasteiger partial charge >= 0.3 is 5.97 Å². The quantitative estimate of drug-likeness (QED) is 0.647. The number of likely N-dealkylation sites (N-methyl/N-ethyl adjacent to an activating group) is 1. The van der Waals surface area contributed by atoms with Crippen molar-refractivity contribution >= 4 is 5.97 Å². The number of hydrogen-bond donors (Lipinski definition) is 2. The summed E-state index contributed by atoms with van der Waals surface area (Å²) in [6.45, 7) is 10.5. The molecule has 124 valence electrons. The van der Waals surface area contributed by atoms with Crippen molar-refractivity contribution in [2.24, 2.45) is 0 Å². The standard InChI is InChI=1S/C16H32N2O3/c1-4-16(15(19)20,17-5-2)10-8-12-18-11-7-9-14(13-18)21-6-3/h14,17H,4-13H2,1-3H3,(H,19,20). The van der Waals surface area contributed by atoms with E-state index < -0.39 is 11.5 Å². The molecule has 2 N–H and O–H groups in total. The molecule has 2 atom stereocenters. The van der Waals surface area contributed by atoms with E-state index >= 15 is 0 Å². The molecule has 0 bridgehead atoms. The Balaban J connectivity index is 2.41. The molecule has 5 heteroatoms. The minimum absolute atomic E-state index is 0.355. The number of ether oxygens (including phenoxy) is 1. The van der Waals surface area contributed by atoms with E-state index in [-0.39, 0.29) is 0 Å². The lowest BCUT2D eigenvalue weighted by molar-refractivity contribution is -0.145. The van der Waals surface area contributed by atoms with Crippen LogP contribution >= 0.6 is 0 Å². The second-order valence-corrected chi connectivity index (χ2v) is 5.89. The molecule has 1 fully saturated rings. The maximum atomic E-state index is 11.6. The number of piperidine rings is 1. The van der Waals surface area contributed by atoms with Gasteiger partial charge in [-0.1, -0.05) is 13.8 Å². The second kappa shape index (κ2) is 9.38. The van der Waals surface area contributed by atoms with Crippen LogP contribution in [-0.2, 0) is 9.53 Å². The molecule has 0 amide bonds. The van der Waals surface area contributed by atoms with Gasteiger partial charge in [-0.25, -0.2) is 0 Å². The lowest BCUT2D eigenvalue weighted by Crippen LogP contribution is -2.52. The second-order valence-electron chi connectivity index (χ2n) is 5.89. The molecule has 0 aromatic carbocycles. The maximum absolute atomic E-state index is 11.6. The molecule has 1 saturated heterocycles. The summed E-state index contributed by atoms with van der Waals surface area (Å²) in [7, 11) is 0. The van der Waals surface area contributed by atoms with Gasteiger partial charge in [-0.05, 0) is 58.7 Å². The van der Waals surface area contributed by atoms with Crippen LogP contribution in [0.5, 0.6) is 0 Å². The van der Waals surface area contributed by atoms with Gasteiger partial charge in [0.15, 0.2) is 0 Å². The number of nitrogens with zero attached hydrogens (tertiary/aromatic N) is 1. The zero-order valence-electron chi connectivity index (χ0n) is 13.9. The highest BCUT2D eigenvalue weighted by Gasteiger charge is 2.35. The first kappa shape index (κ1) is 18.4. The van der Waals surface area contributed by atoms with E-state index in [1.807, 2.05) is 20.8 Å². The third-order valence-corrected chi connectivity index (χ3v) is 4.47. The molecule has 2 unspecified atom stereocenters. The Hall–Kier alpha value is -0.650. The fourth-order valence-corrected chi connectivity index (χ4v) is 3.25. The summed E-state index contributed by atoms with van der Waals surface area (Å²) in [5.41, 5.74) is -0.760. The highest BCUT2D eigenvalue weighted by molar-refractivity contribution is 5.78. The number of nitrogens with one attached hydrogen (secondary N) is 1. The van der Waals surface area contributed by atoms with Gasteiger partial charge in [-0.15, -0.1) is 0 Å². The minimum atomic E-state index is -0.760. The molecule has 0 aliphatic carbocycles. The molecule has 1 rings (SSSR count). The number of carboxylic acids is 1. The van der Waals surface area contributed by atoms with E-state index in [0.717, 1.165) is 39.1 Å². The van der Waals surface area contributed by atoms with Crippen LogP contribution in [0, 0.1) is 0 Å². The summed E-state index contributed by atoms with van der Waals surface area (Å²) >= 11 is 0. The first-order valence-electron chi connectivity index (χ1n) is 8.40. The number of carbonyl (C=O) groups is 1. The number of carboxylic acid groups (broad SMARTS) is 1. The van der Waals surface area contributed by atoms with E-state index in [2.05, 4.69) is 10.2 Å². The number of aliphatic carboxylic acids is 1. The van der Waals surface area contributed by atoms with Crippen LogP contribution in [0.25, 0.3) is 0 Å². The maximum Gasteiger partial charge on any atom is 0.323 e. The number of rotatable bonds is 10. The van der Waals surface area contributed by atoms with E-state index in [1.54, 1.807) is 0 Å². The molecule has 21 heavy (non-hydrogen) atoms. The molecular formula is C16H32N2O3. The summed E-state index contributed by atoms with van der Waals surface area (Å²) in [6, 6.07) is 0. The summed E-state index contributed by atoms with van der Waals surface area (Å²) in [4.78, 5) is 14.0. The first-order valence-corrected chi connectivity index (χ1v) is 8.40. The zero-order valence-corrected chi connectivity index (χ0v) is 13.9. The van der Waals surface area contributed by atoms with Gasteiger partial charge in [0.1, 0.15) is 5.54 Å². The Morgan fingerprint density at radius 1 is 1.43 bits per heavy atom. The summed E-state index contributed by atoms with van der Waals surface area (Å²) in [6.07, 6.45) is 4.89. The van der Waals surface area contributed by atoms with E-state index in [1.165, 1.54) is 6.42 Å². The third-order valence-electron chi connectivity index (χ3n) is 4.47. The normalized spacial score (nSPS) is 22.9. The largest absolute Gasteiger partial charge is 0.480 e. The smallest absolute Gasteiger partial charge is 0.323 e. The van der Waals surface area contributed by atoms with Gasteiger partial charge in [-0.2, -0.15) is 0 Å². The Morgan fingerprint density at radius 2 is 2.19 bits per heavy atom. The van der Waals surface area contributed by atoms with Crippen LogP contribution in [0.2, 0.25) is 0 Å². The van der Waals surface area contributed by atoms with Crippen molar-refractivity contribution in [1.82, 2.24) is 10.2 Å². The van der Waals surface area contributed by atoms with Crippen LogP contribution < -0.4 is 5.32 Å². The van der Waals surface area contributed by atoms with Crippen molar-refractivity contribution in [2.75, 3.05) is 32.8 Å². The molecule has 1 aliphatic rings. The van der Waals surface area contributed by atoms with Crippen LogP contribution in [0.4, 0.5) is 0 Å². The van der Waals surface area contributed by atoms with Crippen molar-refractivity contribution in [3.63, 3.8) is 0 Å². The summed E-state index contributed by atoms with van der Waals surface area (Å²) in [5.74, 6) is -0.724. The fourth-order valence-electron chi connectivity index (χ4n) is 3.25. The van der Waals surface area contributed by atoms with Crippen molar-refractivity contribution in [1.29, 1.82) is 0 Å². The SMILES string of the molecule is CCNC(CC)(CCCN1CCCC(OCC)C1)C(=O)O. The van der Waals surface area contributed by atoms with Gasteiger partial charge in [-0.3, -0.25) is 4.79 Å². The van der Waals surface area contributed by atoms with E-state index in [9.17, 15) is 9.90 Å². The zero-order chi connectivity index (χ0) is 15.7. The Morgan fingerprint density at radius 3 is 2.76 bits per heavy atom. The number of likely N-dealkylation sites (tertiary alicyclic amines) is 1. The fraction of sp³-hybridized carbons (Fsp3) is 0.938. The van der Waals surface area contributed by atoms with Gasteiger partial charge in [0, 0.05) is 13.2 Å². The predicted octanol–water partition coefficient (Wildman–Crippen LogP) is 2.11. The van der Waals surface area contributed by atoms with Crippen molar-refractivity contribution < 1.29 is 14.6 Å². The Bertz CT molecular complexity index is 310. The monoisotopic (exact) mass is 300 g/mol. The van der Waals surface area contributed by atoms with Gasteiger partial charge in [0.2, 0.25) is 0 Å². The molecule has 1 aliphatic heterocycles. The highest BCUT2D eigenvalue weighted by atomic mass is 16.5. The van der Waals surface area contributed by atoms with Crippen LogP contribution in [0.1, 0.15) is 52.9 Å². The van der Waals surface area contributed by atoms with Gasteiger partial charge < -0.3 is 20.1 Å². The van der Waals surface area contributed by atoms with Crippen LogP contribution in [0.3, 0.4) is 0 Å². The molecule has 5 nitrogen and oxygen atoms in total. The Labute approximate surface area is 129 Å². The summed E-state index contributed by atoms with van der Waals surface area (Å²) in [5, 5.41) is 12.7. The van der Waals surface area contributed by atoms with Crippen molar-refractivity contribution in [3.05, 3.63) is 0 Å². The average molecular weight is 300 g/mol. The molecule has 0 spiro atoms. The minimum Gasteiger partial charge on any atom is -0.480 e. The molecular weight excluding hydrogens is 268 g/mol. The highest BCUT2D eigenvalue weighted by Crippen LogP contribution is 2.20.